The SMILES string of the molecule is CCOC(=O)C(CC)N1CCN(C)CC1CN. The lowest BCUT2D eigenvalue weighted by atomic mass is 10.1. The van der Waals surface area contributed by atoms with E-state index >= 15 is 0 Å². The van der Waals surface area contributed by atoms with Gasteiger partial charge in [0.05, 0.1) is 6.61 Å². The molecule has 2 N–H and O–H groups in total. The van der Waals surface area contributed by atoms with Crippen molar-refractivity contribution in [3.05, 3.63) is 0 Å². The van der Waals surface area contributed by atoms with Gasteiger partial charge >= 0.3 is 5.97 Å². The first kappa shape index (κ1) is 14.4. The van der Waals surface area contributed by atoms with Crippen LogP contribution in [0.3, 0.4) is 0 Å². The summed E-state index contributed by atoms with van der Waals surface area (Å²) < 4.78 is 5.13. The average molecular weight is 243 g/mol. The van der Waals surface area contributed by atoms with Crippen LogP contribution in [0.1, 0.15) is 20.3 Å². The van der Waals surface area contributed by atoms with E-state index in [1.165, 1.54) is 0 Å². The number of ether oxygens (including phenoxy) is 1. The monoisotopic (exact) mass is 243 g/mol. The Balaban J connectivity index is 2.69. The summed E-state index contributed by atoms with van der Waals surface area (Å²) in [4.78, 5) is 16.4. The Kier molecular flexibility index (Phi) is 5.88. The summed E-state index contributed by atoms with van der Waals surface area (Å²) in [5.41, 5.74) is 5.80. The van der Waals surface area contributed by atoms with Crippen LogP contribution in [0, 0.1) is 0 Å². The Morgan fingerprint density at radius 2 is 2.18 bits per heavy atom. The molecule has 1 aliphatic rings. The highest BCUT2D eigenvalue weighted by Gasteiger charge is 2.33. The molecule has 1 heterocycles. The number of nitrogens with zero attached hydrogens (tertiary/aromatic N) is 2. The number of nitrogens with two attached hydrogens (primary N) is 1. The molecule has 0 saturated carbocycles. The van der Waals surface area contributed by atoms with Crippen molar-refractivity contribution in [2.45, 2.75) is 32.4 Å². The highest BCUT2D eigenvalue weighted by Crippen LogP contribution is 2.15. The van der Waals surface area contributed by atoms with Crippen LogP contribution in [0.4, 0.5) is 0 Å². The first-order chi connectivity index (χ1) is 8.13. The number of esters is 1. The zero-order valence-corrected chi connectivity index (χ0v) is 11.2. The van der Waals surface area contributed by atoms with Crippen LogP contribution in [0.15, 0.2) is 0 Å². The van der Waals surface area contributed by atoms with Crippen molar-refractivity contribution in [1.29, 1.82) is 0 Å². The molecule has 1 aliphatic heterocycles. The molecule has 2 unspecified atom stereocenters. The van der Waals surface area contributed by atoms with Crippen LogP contribution in [-0.2, 0) is 9.53 Å². The molecule has 0 aromatic carbocycles. The fourth-order valence-corrected chi connectivity index (χ4v) is 2.42. The first-order valence-corrected chi connectivity index (χ1v) is 6.45. The molecule has 0 aliphatic carbocycles. The summed E-state index contributed by atoms with van der Waals surface area (Å²) in [6.45, 7) is 7.67. The molecule has 0 radical (unpaired) electrons. The number of carbonyl (C=O) groups excluding carboxylic acids is 1. The van der Waals surface area contributed by atoms with E-state index in [0.29, 0.717) is 13.2 Å². The van der Waals surface area contributed by atoms with E-state index in [2.05, 4.69) is 16.8 Å². The summed E-state index contributed by atoms with van der Waals surface area (Å²) in [6.07, 6.45) is 0.777. The van der Waals surface area contributed by atoms with Crippen molar-refractivity contribution in [2.24, 2.45) is 5.73 Å². The van der Waals surface area contributed by atoms with Gasteiger partial charge in [0.15, 0.2) is 0 Å². The van der Waals surface area contributed by atoms with Crippen LogP contribution in [0.5, 0.6) is 0 Å². The predicted octanol–water partition coefficient (Wildman–Crippen LogP) is -0.0972. The average Bonchev–Trinajstić information content (AvgIpc) is 2.32. The maximum atomic E-state index is 11.9. The Morgan fingerprint density at radius 3 is 2.71 bits per heavy atom. The minimum absolute atomic E-state index is 0.113. The predicted molar refractivity (Wildman–Crippen MR) is 67.8 cm³/mol. The molecule has 2 atom stereocenters. The number of rotatable bonds is 5. The van der Waals surface area contributed by atoms with Gasteiger partial charge in [-0.25, -0.2) is 0 Å². The minimum Gasteiger partial charge on any atom is -0.465 e. The van der Waals surface area contributed by atoms with Crippen molar-refractivity contribution in [3.63, 3.8) is 0 Å². The number of likely N-dealkylation sites (N-methyl/N-ethyl adjacent to an activating group) is 1. The second kappa shape index (κ2) is 6.93. The number of hydrogen-bond acceptors (Lipinski definition) is 5. The summed E-state index contributed by atoms with van der Waals surface area (Å²) in [6, 6.07) is 0.111. The third-order valence-corrected chi connectivity index (χ3v) is 3.35. The van der Waals surface area contributed by atoms with E-state index in [0.717, 1.165) is 26.1 Å². The van der Waals surface area contributed by atoms with Crippen LogP contribution in [0.2, 0.25) is 0 Å². The van der Waals surface area contributed by atoms with Crippen LogP contribution in [-0.4, -0.2) is 67.7 Å². The number of piperazine rings is 1. The smallest absolute Gasteiger partial charge is 0.323 e. The summed E-state index contributed by atoms with van der Waals surface area (Å²) in [7, 11) is 2.09. The van der Waals surface area contributed by atoms with E-state index in [9.17, 15) is 4.79 Å². The van der Waals surface area contributed by atoms with Gasteiger partial charge in [-0.05, 0) is 20.4 Å². The Hall–Kier alpha value is -0.650. The van der Waals surface area contributed by atoms with Crippen molar-refractivity contribution < 1.29 is 9.53 Å². The second-order valence-corrected chi connectivity index (χ2v) is 4.57. The van der Waals surface area contributed by atoms with Crippen LogP contribution in [0.25, 0.3) is 0 Å². The molecule has 0 spiro atoms. The van der Waals surface area contributed by atoms with Gasteiger partial charge in [0, 0.05) is 32.2 Å². The van der Waals surface area contributed by atoms with Crippen LogP contribution >= 0.6 is 0 Å². The fourth-order valence-electron chi connectivity index (χ4n) is 2.42. The molecule has 0 aromatic rings. The molecule has 0 amide bonds. The van der Waals surface area contributed by atoms with E-state index in [1.54, 1.807) is 0 Å². The molecule has 0 bridgehead atoms. The summed E-state index contributed by atoms with van der Waals surface area (Å²) in [5, 5.41) is 0. The fraction of sp³-hybridized carbons (Fsp3) is 0.917. The van der Waals surface area contributed by atoms with E-state index in [4.69, 9.17) is 10.5 Å². The van der Waals surface area contributed by atoms with Gasteiger partial charge < -0.3 is 15.4 Å². The third kappa shape index (κ3) is 3.66. The maximum absolute atomic E-state index is 11.9. The van der Waals surface area contributed by atoms with E-state index in [1.807, 2.05) is 13.8 Å². The lowest BCUT2D eigenvalue weighted by Gasteiger charge is -2.42. The molecule has 1 fully saturated rings. The largest absolute Gasteiger partial charge is 0.465 e. The summed E-state index contributed by atoms with van der Waals surface area (Å²) >= 11 is 0. The second-order valence-electron chi connectivity index (χ2n) is 4.57. The van der Waals surface area contributed by atoms with Crippen molar-refractivity contribution >= 4 is 5.97 Å². The topological polar surface area (TPSA) is 58.8 Å². The van der Waals surface area contributed by atoms with Gasteiger partial charge in [-0.15, -0.1) is 0 Å². The highest BCUT2D eigenvalue weighted by molar-refractivity contribution is 5.75. The Morgan fingerprint density at radius 1 is 1.47 bits per heavy atom. The zero-order valence-electron chi connectivity index (χ0n) is 11.2. The van der Waals surface area contributed by atoms with Crippen molar-refractivity contribution in [2.75, 3.05) is 39.8 Å². The minimum atomic E-state index is -0.141. The molecule has 5 heteroatoms. The van der Waals surface area contributed by atoms with Gasteiger partial charge in [-0.1, -0.05) is 6.92 Å². The number of carbonyl (C=O) groups is 1. The van der Waals surface area contributed by atoms with Gasteiger partial charge in [0.1, 0.15) is 6.04 Å². The molecule has 5 nitrogen and oxygen atoms in total. The van der Waals surface area contributed by atoms with Gasteiger partial charge in [-0.2, -0.15) is 0 Å². The lowest BCUT2D eigenvalue weighted by Crippen LogP contribution is -2.59. The number of hydrogen-bond donors (Lipinski definition) is 1. The maximum Gasteiger partial charge on any atom is 0.323 e. The molecule has 17 heavy (non-hydrogen) atoms. The Bertz CT molecular complexity index is 248. The first-order valence-electron chi connectivity index (χ1n) is 6.45. The molecule has 1 saturated heterocycles. The quantitative estimate of drug-likeness (QED) is 0.684. The van der Waals surface area contributed by atoms with Crippen LogP contribution < -0.4 is 5.73 Å². The van der Waals surface area contributed by atoms with Gasteiger partial charge in [0.25, 0.3) is 0 Å². The zero-order chi connectivity index (χ0) is 12.8. The van der Waals surface area contributed by atoms with Crippen molar-refractivity contribution in [3.8, 4) is 0 Å². The summed E-state index contributed by atoms with van der Waals surface area (Å²) in [5.74, 6) is -0.113. The molecule has 1 rings (SSSR count). The van der Waals surface area contributed by atoms with Crippen molar-refractivity contribution in [1.82, 2.24) is 9.80 Å². The third-order valence-electron chi connectivity index (χ3n) is 3.35. The normalized spacial score (nSPS) is 24.6. The molecule has 100 valence electrons. The lowest BCUT2D eigenvalue weighted by molar-refractivity contribution is -0.151. The van der Waals surface area contributed by atoms with E-state index < -0.39 is 0 Å². The molecule has 0 aromatic heterocycles. The standard InChI is InChI=1S/C12H25N3O2/c1-4-11(12(16)17-5-2)15-7-6-14(3)9-10(15)8-13/h10-11H,4-9,13H2,1-3H3. The van der Waals surface area contributed by atoms with Gasteiger partial charge in [0.2, 0.25) is 0 Å². The van der Waals surface area contributed by atoms with E-state index in [-0.39, 0.29) is 18.1 Å². The molecular weight excluding hydrogens is 218 g/mol. The Labute approximate surface area is 104 Å². The van der Waals surface area contributed by atoms with Gasteiger partial charge in [-0.3, -0.25) is 9.69 Å². The highest BCUT2D eigenvalue weighted by atomic mass is 16.5. The molecular formula is C12H25N3O2.